The van der Waals surface area contributed by atoms with Crippen molar-refractivity contribution in [2.45, 2.75) is 25.0 Å². The Labute approximate surface area is 183 Å². The largest absolute Gasteiger partial charge is 0.325 e. The Bertz CT molecular complexity index is 1000. The van der Waals surface area contributed by atoms with Crippen molar-refractivity contribution >= 4 is 52.4 Å². The van der Waals surface area contributed by atoms with Crippen LogP contribution in [0.2, 0.25) is 5.02 Å². The summed E-state index contributed by atoms with van der Waals surface area (Å²) in [4.78, 5) is 24.3. The number of anilines is 3. The van der Waals surface area contributed by atoms with E-state index in [0.29, 0.717) is 27.2 Å². The van der Waals surface area contributed by atoms with Crippen molar-refractivity contribution in [1.29, 1.82) is 0 Å². The molecule has 0 aliphatic heterocycles. The molecule has 0 spiro atoms. The van der Waals surface area contributed by atoms with Crippen LogP contribution >= 0.6 is 23.4 Å². The van der Waals surface area contributed by atoms with Crippen molar-refractivity contribution in [2.24, 2.45) is 0 Å². The fourth-order valence-corrected chi connectivity index (χ4v) is 3.45. The zero-order chi connectivity index (χ0) is 21.5. The van der Waals surface area contributed by atoms with Crippen molar-refractivity contribution in [3.8, 4) is 0 Å². The van der Waals surface area contributed by atoms with Crippen molar-refractivity contribution in [1.82, 2.24) is 14.8 Å². The van der Waals surface area contributed by atoms with E-state index in [1.807, 2.05) is 18.4 Å². The summed E-state index contributed by atoms with van der Waals surface area (Å²) < 4.78 is 1.91. The number of aromatic nitrogens is 3. The first-order valence-corrected chi connectivity index (χ1v) is 10.5. The maximum absolute atomic E-state index is 12.2. The highest BCUT2D eigenvalue weighted by molar-refractivity contribution is 7.99. The van der Waals surface area contributed by atoms with Gasteiger partial charge in [-0.05, 0) is 62.4 Å². The van der Waals surface area contributed by atoms with Crippen molar-refractivity contribution in [2.75, 3.05) is 21.7 Å². The lowest BCUT2D eigenvalue weighted by Crippen LogP contribution is -2.19. The van der Waals surface area contributed by atoms with Gasteiger partial charge in [-0.25, -0.2) is 4.79 Å². The second kappa shape index (κ2) is 10.1. The molecule has 0 unspecified atom stereocenters. The number of benzene rings is 2. The third kappa shape index (κ3) is 6.23. The van der Waals surface area contributed by atoms with Crippen LogP contribution in [0.4, 0.5) is 21.9 Å². The van der Waals surface area contributed by atoms with Gasteiger partial charge in [0.15, 0.2) is 5.16 Å². The first kappa shape index (κ1) is 21.7. The lowest BCUT2D eigenvalue weighted by molar-refractivity contribution is -0.113. The minimum atomic E-state index is -0.375. The van der Waals surface area contributed by atoms with E-state index in [0.717, 1.165) is 0 Å². The summed E-state index contributed by atoms with van der Waals surface area (Å²) in [7, 11) is 0. The van der Waals surface area contributed by atoms with Crippen LogP contribution in [0, 0.1) is 0 Å². The van der Waals surface area contributed by atoms with Gasteiger partial charge >= 0.3 is 6.03 Å². The molecule has 30 heavy (non-hydrogen) atoms. The lowest BCUT2D eigenvalue weighted by Gasteiger charge is -2.10. The molecule has 1 aromatic heterocycles. The number of halogens is 1. The van der Waals surface area contributed by atoms with Gasteiger partial charge < -0.3 is 20.5 Å². The number of carbonyl (C=O) groups is 2. The molecule has 10 heteroatoms. The van der Waals surface area contributed by atoms with E-state index < -0.39 is 0 Å². The molecule has 0 saturated heterocycles. The van der Waals surface area contributed by atoms with Gasteiger partial charge in [-0.15, -0.1) is 10.2 Å². The van der Waals surface area contributed by atoms with E-state index in [-0.39, 0.29) is 23.7 Å². The zero-order valence-electron chi connectivity index (χ0n) is 16.4. The molecular formula is C20H21ClN6O2S. The van der Waals surface area contributed by atoms with Crippen LogP contribution in [0.25, 0.3) is 0 Å². The molecule has 0 aliphatic rings. The number of carbonyl (C=O) groups excluding carboxylic acids is 2. The van der Waals surface area contributed by atoms with Crippen molar-refractivity contribution in [3.63, 3.8) is 0 Å². The average molecular weight is 445 g/mol. The van der Waals surface area contributed by atoms with Gasteiger partial charge in [0.1, 0.15) is 6.33 Å². The molecule has 3 N–H and O–H groups in total. The third-order valence-electron chi connectivity index (χ3n) is 3.96. The van der Waals surface area contributed by atoms with Crippen LogP contribution in [-0.4, -0.2) is 32.5 Å². The van der Waals surface area contributed by atoms with E-state index in [4.69, 9.17) is 11.6 Å². The van der Waals surface area contributed by atoms with Crippen LogP contribution in [0.15, 0.2) is 60.0 Å². The Kier molecular flexibility index (Phi) is 7.31. The molecule has 2 aromatic carbocycles. The molecule has 3 amide bonds. The molecule has 0 aliphatic carbocycles. The Balaban J connectivity index is 1.47. The van der Waals surface area contributed by atoms with Crippen LogP contribution < -0.4 is 16.0 Å². The van der Waals surface area contributed by atoms with E-state index in [2.05, 4.69) is 26.1 Å². The Morgan fingerprint density at radius 2 is 1.50 bits per heavy atom. The van der Waals surface area contributed by atoms with Gasteiger partial charge in [-0.1, -0.05) is 23.4 Å². The first-order chi connectivity index (χ1) is 14.4. The number of hydrogen-bond acceptors (Lipinski definition) is 5. The summed E-state index contributed by atoms with van der Waals surface area (Å²) in [6.07, 6.45) is 1.65. The maximum atomic E-state index is 12.2. The Morgan fingerprint density at radius 3 is 2.07 bits per heavy atom. The number of thioether (sulfide) groups is 1. The number of hydrogen-bond donors (Lipinski definition) is 3. The SMILES string of the molecule is CC(C)n1cnnc1SCC(=O)Nc1ccc(NC(=O)Nc2ccc(Cl)cc2)cc1. The van der Waals surface area contributed by atoms with Crippen LogP contribution in [0.1, 0.15) is 19.9 Å². The topological polar surface area (TPSA) is 101 Å². The number of urea groups is 1. The third-order valence-corrected chi connectivity index (χ3v) is 5.17. The van der Waals surface area contributed by atoms with E-state index in [1.165, 1.54) is 11.8 Å². The smallest absolute Gasteiger partial charge is 0.323 e. The summed E-state index contributed by atoms with van der Waals surface area (Å²) in [5, 5.41) is 17.5. The highest BCUT2D eigenvalue weighted by Crippen LogP contribution is 2.20. The summed E-state index contributed by atoms with van der Waals surface area (Å²) in [5.74, 6) is 0.0639. The monoisotopic (exact) mass is 444 g/mol. The minimum absolute atomic E-state index is 0.153. The van der Waals surface area contributed by atoms with E-state index in [1.54, 1.807) is 54.9 Å². The lowest BCUT2D eigenvalue weighted by atomic mass is 10.3. The molecular weight excluding hydrogens is 424 g/mol. The molecule has 0 fully saturated rings. The van der Waals surface area contributed by atoms with Crippen molar-refractivity contribution in [3.05, 3.63) is 59.9 Å². The molecule has 0 radical (unpaired) electrons. The molecule has 0 bridgehead atoms. The van der Waals surface area contributed by atoms with Crippen molar-refractivity contribution < 1.29 is 9.59 Å². The molecule has 156 valence electrons. The Hall–Kier alpha value is -3.04. The van der Waals surface area contributed by atoms with E-state index >= 15 is 0 Å². The highest BCUT2D eigenvalue weighted by atomic mass is 35.5. The fourth-order valence-electron chi connectivity index (χ4n) is 2.48. The minimum Gasteiger partial charge on any atom is -0.325 e. The second-order valence-electron chi connectivity index (χ2n) is 6.61. The predicted molar refractivity (Wildman–Crippen MR) is 120 cm³/mol. The van der Waals surface area contributed by atoms with Gasteiger partial charge in [0.2, 0.25) is 5.91 Å². The molecule has 0 saturated carbocycles. The second-order valence-corrected chi connectivity index (χ2v) is 7.99. The van der Waals surface area contributed by atoms with E-state index in [9.17, 15) is 9.59 Å². The van der Waals surface area contributed by atoms with Gasteiger partial charge in [0.25, 0.3) is 0 Å². The van der Waals surface area contributed by atoms with Gasteiger partial charge in [-0.2, -0.15) is 0 Å². The Morgan fingerprint density at radius 1 is 0.967 bits per heavy atom. The van der Waals surface area contributed by atoms with Crippen LogP contribution in [-0.2, 0) is 4.79 Å². The summed E-state index contributed by atoms with van der Waals surface area (Å²) >= 11 is 7.15. The molecule has 3 aromatic rings. The van der Waals surface area contributed by atoms with Gasteiger partial charge in [0.05, 0.1) is 5.75 Å². The highest BCUT2D eigenvalue weighted by Gasteiger charge is 2.11. The van der Waals surface area contributed by atoms with Gasteiger partial charge in [-0.3, -0.25) is 4.79 Å². The number of amides is 3. The summed E-state index contributed by atoms with van der Waals surface area (Å²) in [6, 6.07) is 13.5. The standard InChI is InChI=1S/C20H21ClN6O2S/c1-13(2)27-12-22-26-20(27)30-11-18(28)23-15-7-9-17(10-8-15)25-19(29)24-16-5-3-14(21)4-6-16/h3-10,12-13H,11H2,1-2H3,(H,23,28)(H2,24,25,29). The first-order valence-electron chi connectivity index (χ1n) is 9.16. The van der Waals surface area contributed by atoms with Crippen LogP contribution in [0.5, 0.6) is 0 Å². The summed E-state index contributed by atoms with van der Waals surface area (Å²) in [6.45, 7) is 4.05. The number of nitrogens with zero attached hydrogens (tertiary/aromatic N) is 3. The molecule has 3 rings (SSSR count). The molecule has 1 heterocycles. The molecule has 0 atom stereocenters. The maximum Gasteiger partial charge on any atom is 0.323 e. The number of nitrogens with one attached hydrogen (secondary N) is 3. The van der Waals surface area contributed by atoms with Crippen LogP contribution in [0.3, 0.4) is 0 Å². The number of rotatable bonds is 7. The average Bonchev–Trinajstić information content (AvgIpc) is 3.19. The normalized spacial score (nSPS) is 10.7. The van der Waals surface area contributed by atoms with Gasteiger partial charge in [0, 0.05) is 28.1 Å². The zero-order valence-corrected chi connectivity index (χ0v) is 18.0. The quantitative estimate of drug-likeness (QED) is 0.450. The molecule has 8 nitrogen and oxygen atoms in total. The fraction of sp³-hybridized carbons (Fsp3) is 0.200. The predicted octanol–water partition coefficient (Wildman–Crippen LogP) is 4.89. The summed E-state index contributed by atoms with van der Waals surface area (Å²) in [5.41, 5.74) is 1.86.